The highest BCUT2D eigenvalue weighted by molar-refractivity contribution is 6.31. The van der Waals surface area contributed by atoms with Crippen LogP contribution < -0.4 is 0 Å². The maximum Gasteiger partial charge on any atom is 0.433 e. The summed E-state index contributed by atoms with van der Waals surface area (Å²) in [7, 11) is 0. The van der Waals surface area contributed by atoms with E-state index in [0.29, 0.717) is 71.5 Å². The van der Waals surface area contributed by atoms with E-state index in [1.165, 1.54) is 87.0 Å². The van der Waals surface area contributed by atoms with Gasteiger partial charge in [-0.25, -0.2) is 9.37 Å². The molecule has 10 aromatic rings. The normalized spacial score (nSPS) is 12.1. The molecule has 750 valence electrons. The van der Waals surface area contributed by atoms with Crippen LogP contribution in [0.1, 0.15) is 463 Å². The Bertz CT molecular complexity index is 5140. The summed E-state index contributed by atoms with van der Waals surface area (Å²) in [6.07, 6.45) is -1.75. The molecule has 0 aliphatic heterocycles. The highest BCUT2D eigenvalue weighted by Gasteiger charge is 2.40. The molecule has 0 fully saturated rings. The Hall–Kier alpha value is -8.99. The first-order valence-corrected chi connectivity index (χ1v) is 47.4. The van der Waals surface area contributed by atoms with Gasteiger partial charge in [0.2, 0.25) is 0 Å². The molecule has 0 unspecified atom stereocenters. The van der Waals surface area contributed by atoms with Crippen LogP contribution in [0.3, 0.4) is 0 Å². The van der Waals surface area contributed by atoms with Gasteiger partial charge in [-0.05, 0) is 255 Å². The minimum Gasteiger partial charge on any atom is -0.386 e. The molecule has 0 spiro atoms. The predicted molar refractivity (Wildman–Crippen MR) is 542 cm³/mol. The molecular weight excluding hydrogens is 1740 g/mol. The number of hydrogen-bond donors (Lipinski definition) is 2. The van der Waals surface area contributed by atoms with Gasteiger partial charge in [-0.3, -0.25) is 44.9 Å². The highest BCUT2D eigenvalue weighted by atomic mass is 35.5. The molecule has 0 aromatic carbocycles. The fourth-order valence-electron chi connectivity index (χ4n) is 13.0. The molecule has 10 heterocycles. The lowest BCUT2D eigenvalue weighted by Crippen LogP contribution is -2.18. The number of nitrogens with zero attached hydrogens (tertiary/aromatic N) is 10. The fraction of sp³-hybridized carbons (Fsp3) is 0.554. The number of aryl methyl sites for hydroxylation is 4. The second kappa shape index (κ2) is 53.2. The van der Waals surface area contributed by atoms with Crippen LogP contribution in [0.4, 0.5) is 43.9 Å². The topological polar surface area (TPSA) is 169 Å². The van der Waals surface area contributed by atoms with Crippen LogP contribution in [0, 0.1) is 33.5 Å². The van der Waals surface area contributed by atoms with Gasteiger partial charge in [0.15, 0.2) is 0 Å². The molecule has 0 saturated carbocycles. The predicted octanol–water partition coefficient (Wildman–Crippen LogP) is 33.9. The fourth-order valence-corrected chi connectivity index (χ4v) is 13.4. The monoisotopic (exact) mass is 1910 g/mol. The summed E-state index contributed by atoms with van der Waals surface area (Å²) < 4.78 is 124. The molecule has 0 bridgehead atoms. The van der Waals surface area contributed by atoms with Crippen LogP contribution in [0.5, 0.6) is 0 Å². The van der Waals surface area contributed by atoms with Crippen molar-refractivity contribution in [3.05, 3.63) is 293 Å². The lowest BCUT2D eigenvalue weighted by Gasteiger charge is -2.20. The quantitative estimate of drug-likeness (QED) is 0.105. The van der Waals surface area contributed by atoms with E-state index in [9.17, 15) is 54.1 Å². The summed E-state index contributed by atoms with van der Waals surface area (Å²) in [6.45, 7) is 86.5. The third kappa shape index (κ3) is 43.7. The van der Waals surface area contributed by atoms with Crippen LogP contribution in [0.15, 0.2) is 147 Å². The molecular formula is C112H163ClF10N10O2. The van der Waals surface area contributed by atoms with Gasteiger partial charge < -0.3 is 10.2 Å². The Kier molecular flexibility index (Phi) is 48.9. The Labute approximate surface area is 810 Å². The Morgan fingerprint density at radius 2 is 0.748 bits per heavy atom. The molecule has 135 heavy (non-hydrogen) atoms. The number of aliphatic hydroxyl groups is 2. The van der Waals surface area contributed by atoms with E-state index in [2.05, 4.69) is 333 Å². The first-order chi connectivity index (χ1) is 61.3. The number of alkyl halides is 9. The van der Waals surface area contributed by atoms with Gasteiger partial charge >= 0.3 is 18.5 Å². The summed E-state index contributed by atoms with van der Waals surface area (Å²) in [5.74, 6) is 2.44. The van der Waals surface area contributed by atoms with E-state index in [0.717, 1.165) is 45.1 Å². The number of rotatable bonds is 13. The third-order valence-electron chi connectivity index (χ3n) is 21.3. The van der Waals surface area contributed by atoms with Gasteiger partial charge in [-0.2, -0.15) is 39.5 Å². The van der Waals surface area contributed by atoms with Gasteiger partial charge in [0.25, 0.3) is 0 Å². The van der Waals surface area contributed by atoms with Crippen LogP contribution >= 0.6 is 11.6 Å². The molecule has 10 rings (SSSR count). The standard InChI is InChI=1S/C12H18ClN.2C12H19NO.4C12H19N.C10H9F6N.C9H9F4N.C9H13N/c1-8(2)9-6-10(13)11(14-7-9)12(3,4)5;1-8(2)11-9(3)6-10(7-13-11)12(4,5)14;1-8(2)11-9(3)6-7-10(13-11)12(4,5)14;1-8(2)11-6-12(9(3)4)13-7-10(11)5;1-9(2)11-8-10(6-7-13-11)12(3,4)5;1-9(2)11-7-6-10(8-13-11)12(3,4)5;1-9(2)10-7-6-8-11(13-10)12(3,4)5;1-5(2)8-6(9(11,12)13)3-4-7(17-8)10(14,15)16;1-5(2)8-7(9(11,12)13)3-6(10)4-14-8;1-7(2)9-8(3)5-4-6-10-9/h6-8H,1-5H3;2*6-8,14H,1-5H3;4*6-9H,1-5H3;3-5H,1-2H3;3-5H,1-2H3;4-7H,1-3H3. The second-order valence-corrected chi connectivity index (χ2v) is 43.4. The maximum atomic E-state index is 12.6. The van der Waals surface area contributed by atoms with E-state index < -0.39 is 64.0 Å². The van der Waals surface area contributed by atoms with E-state index >= 15 is 0 Å². The SMILES string of the molecule is CC(C)c1cc(C(C)(C)C)ccn1.CC(C)c1ccc(C(C)(C)C)cn1.CC(C)c1cccc(C(C)(C)C)n1.CC(C)c1cnc(C(C)(C)C)c(Cl)c1.CC(C)c1nc(C(F)(F)F)ccc1C(F)(F)F.CC(C)c1ncc(F)cc1C(F)(F)F.Cc1cc(C(C)(C)O)cnc1C(C)C.Cc1ccc(C(C)(C)O)nc1C(C)C.Cc1cccnc1C(C)C.Cc1cnc(C(C)C)cc1C(C)C. The molecule has 0 saturated heterocycles. The molecule has 0 amide bonds. The van der Waals surface area contributed by atoms with E-state index in [-0.39, 0.29) is 33.3 Å². The molecule has 23 heteroatoms. The first kappa shape index (κ1) is 124. The van der Waals surface area contributed by atoms with Crippen LogP contribution in [0.2, 0.25) is 5.02 Å². The van der Waals surface area contributed by atoms with Crippen molar-refractivity contribution in [2.24, 2.45) is 0 Å². The Morgan fingerprint density at radius 1 is 0.281 bits per heavy atom. The zero-order chi connectivity index (χ0) is 105. The van der Waals surface area contributed by atoms with Gasteiger partial charge in [-0.1, -0.05) is 271 Å². The first-order valence-electron chi connectivity index (χ1n) is 47.0. The van der Waals surface area contributed by atoms with Crippen molar-refractivity contribution >= 4 is 11.6 Å². The average molecular weight is 1910 g/mol. The highest BCUT2D eigenvalue weighted by Crippen LogP contribution is 2.40. The van der Waals surface area contributed by atoms with E-state index in [1.54, 1.807) is 47.7 Å². The number of hydrogen-bond acceptors (Lipinski definition) is 12. The van der Waals surface area contributed by atoms with Crippen molar-refractivity contribution in [2.45, 2.75) is 407 Å². The molecule has 10 aromatic heterocycles. The zero-order valence-electron chi connectivity index (χ0n) is 89.2. The molecule has 0 atom stereocenters. The smallest absolute Gasteiger partial charge is 0.386 e. The van der Waals surface area contributed by atoms with Crippen LogP contribution in [0.25, 0.3) is 0 Å². The van der Waals surface area contributed by atoms with Crippen molar-refractivity contribution < 1.29 is 54.1 Å². The minimum absolute atomic E-state index is 0.0204. The van der Waals surface area contributed by atoms with Crippen molar-refractivity contribution in [1.82, 2.24) is 49.8 Å². The largest absolute Gasteiger partial charge is 0.433 e. The molecule has 2 N–H and O–H groups in total. The van der Waals surface area contributed by atoms with Gasteiger partial charge in [0.05, 0.1) is 50.7 Å². The maximum absolute atomic E-state index is 12.6. The third-order valence-corrected chi connectivity index (χ3v) is 21.6. The zero-order valence-corrected chi connectivity index (χ0v) is 90.0. The summed E-state index contributed by atoms with van der Waals surface area (Å²) >= 11 is 6.20. The molecule has 0 radical (unpaired) electrons. The lowest BCUT2D eigenvalue weighted by atomic mass is 9.86. The molecule has 0 aliphatic rings. The molecule has 12 nitrogen and oxygen atoms in total. The summed E-state index contributed by atoms with van der Waals surface area (Å²) in [4.78, 5) is 42.0. The van der Waals surface area contributed by atoms with E-state index in [4.69, 9.17) is 11.6 Å². The summed E-state index contributed by atoms with van der Waals surface area (Å²) in [5.41, 5.74) is 17.0. The van der Waals surface area contributed by atoms with Crippen molar-refractivity contribution in [2.75, 3.05) is 0 Å². The number of pyridine rings is 10. The number of halogens is 11. The second-order valence-electron chi connectivity index (χ2n) is 43.0. The molecule has 0 aliphatic carbocycles. The van der Waals surface area contributed by atoms with Gasteiger partial charge in [-0.15, -0.1) is 0 Å². The van der Waals surface area contributed by atoms with Crippen molar-refractivity contribution in [3.8, 4) is 0 Å². The lowest BCUT2D eigenvalue weighted by molar-refractivity contribution is -0.145. The average Bonchev–Trinajstić information content (AvgIpc) is 0.791. The van der Waals surface area contributed by atoms with Gasteiger partial charge in [0, 0.05) is 99.1 Å². The summed E-state index contributed by atoms with van der Waals surface area (Å²) in [5, 5.41) is 20.4. The Balaban J connectivity index is 0.000000751. The van der Waals surface area contributed by atoms with Crippen molar-refractivity contribution in [1.29, 1.82) is 0 Å². The van der Waals surface area contributed by atoms with Crippen LogP contribution in [-0.4, -0.2) is 60.1 Å². The summed E-state index contributed by atoms with van der Waals surface area (Å²) in [6, 6.07) is 30.4. The van der Waals surface area contributed by atoms with E-state index in [1.807, 2.05) is 68.2 Å². The Morgan fingerprint density at radius 3 is 1.15 bits per heavy atom. The minimum atomic E-state index is -4.74. The van der Waals surface area contributed by atoms with Crippen LogP contribution in [-0.2, 0) is 51.4 Å². The van der Waals surface area contributed by atoms with Gasteiger partial charge in [0.1, 0.15) is 17.1 Å². The van der Waals surface area contributed by atoms with Crippen molar-refractivity contribution in [3.63, 3.8) is 0 Å². The number of aromatic nitrogens is 10.